The van der Waals surface area contributed by atoms with Crippen molar-refractivity contribution in [3.8, 4) is 11.3 Å². The van der Waals surface area contributed by atoms with Gasteiger partial charge in [-0.05, 0) is 25.5 Å². The zero-order chi connectivity index (χ0) is 12.4. The number of hydrogen-bond donors (Lipinski definition) is 1. The summed E-state index contributed by atoms with van der Waals surface area (Å²) in [5.41, 5.74) is 7.91. The molecule has 2 rings (SSSR count). The molecule has 17 heavy (non-hydrogen) atoms. The van der Waals surface area contributed by atoms with Crippen LogP contribution < -0.4 is 5.73 Å². The van der Waals surface area contributed by atoms with Crippen molar-refractivity contribution < 1.29 is 4.79 Å². The van der Waals surface area contributed by atoms with Crippen molar-refractivity contribution in [2.45, 2.75) is 20.4 Å². The van der Waals surface area contributed by atoms with E-state index in [1.54, 1.807) is 16.9 Å². The predicted molar refractivity (Wildman–Crippen MR) is 62.2 cm³/mol. The van der Waals surface area contributed by atoms with Crippen LogP contribution in [0.25, 0.3) is 11.3 Å². The molecule has 0 saturated carbocycles. The van der Waals surface area contributed by atoms with Crippen molar-refractivity contribution in [3.63, 3.8) is 0 Å². The van der Waals surface area contributed by atoms with Gasteiger partial charge in [-0.25, -0.2) is 0 Å². The van der Waals surface area contributed by atoms with Gasteiger partial charge in [0.25, 0.3) is 5.91 Å². The smallest absolute Gasteiger partial charge is 0.267 e. The minimum atomic E-state index is -0.547. The van der Waals surface area contributed by atoms with Crippen molar-refractivity contribution in [2.75, 3.05) is 0 Å². The zero-order valence-electron chi connectivity index (χ0n) is 9.71. The third-order valence-electron chi connectivity index (χ3n) is 2.49. The molecule has 0 saturated heterocycles. The van der Waals surface area contributed by atoms with Crippen LogP contribution >= 0.6 is 0 Å². The minimum Gasteiger partial charge on any atom is -0.364 e. The molecule has 0 bridgehead atoms. The normalized spacial score (nSPS) is 10.5. The maximum Gasteiger partial charge on any atom is 0.267 e. The second-order valence-electron chi connectivity index (χ2n) is 3.71. The van der Waals surface area contributed by atoms with Gasteiger partial charge in [0, 0.05) is 18.3 Å². The van der Waals surface area contributed by atoms with Crippen LogP contribution in [0.4, 0.5) is 0 Å². The van der Waals surface area contributed by atoms with Crippen LogP contribution in [0.15, 0.2) is 18.5 Å². The summed E-state index contributed by atoms with van der Waals surface area (Å²) in [5.74, 6) is -0.547. The molecule has 2 N–H and O–H groups in total. The summed E-state index contributed by atoms with van der Waals surface area (Å²) in [6, 6.07) is 1.64. The molecule has 0 spiro atoms. The maximum absolute atomic E-state index is 11.1. The standard InChI is InChI=1S/C11H13N5O/c1-3-16-6-10(14-15-16)8-4-9(11(12)17)13-5-7(8)2/h4-6H,3H2,1-2H3,(H2,12,17). The Morgan fingerprint density at radius 3 is 2.88 bits per heavy atom. The first kappa shape index (κ1) is 11.3. The van der Waals surface area contributed by atoms with Crippen LogP contribution in [0, 0.1) is 6.92 Å². The first-order chi connectivity index (χ1) is 8.11. The summed E-state index contributed by atoms with van der Waals surface area (Å²) in [7, 11) is 0. The van der Waals surface area contributed by atoms with Crippen molar-refractivity contribution in [1.82, 2.24) is 20.0 Å². The fraction of sp³-hybridized carbons (Fsp3) is 0.273. The van der Waals surface area contributed by atoms with Crippen LogP contribution in [0.1, 0.15) is 23.0 Å². The summed E-state index contributed by atoms with van der Waals surface area (Å²) >= 11 is 0. The first-order valence-electron chi connectivity index (χ1n) is 5.28. The van der Waals surface area contributed by atoms with E-state index in [0.29, 0.717) is 5.69 Å². The van der Waals surface area contributed by atoms with Crippen LogP contribution in [-0.4, -0.2) is 25.9 Å². The van der Waals surface area contributed by atoms with Gasteiger partial charge >= 0.3 is 0 Å². The Balaban J connectivity index is 2.49. The topological polar surface area (TPSA) is 86.7 Å². The molecule has 2 aromatic heterocycles. The van der Waals surface area contributed by atoms with Crippen molar-refractivity contribution in [3.05, 3.63) is 29.7 Å². The number of rotatable bonds is 3. The summed E-state index contributed by atoms with van der Waals surface area (Å²) in [4.78, 5) is 15.0. The Morgan fingerprint density at radius 2 is 2.29 bits per heavy atom. The molecule has 1 amide bonds. The highest BCUT2D eigenvalue weighted by molar-refractivity contribution is 5.92. The molecule has 0 radical (unpaired) electrons. The molecule has 6 nitrogen and oxygen atoms in total. The molecule has 0 atom stereocenters. The van der Waals surface area contributed by atoms with Crippen molar-refractivity contribution in [2.24, 2.45) is 5.73 Å². The lowest BCUT2D eigenvalue weighted by molar-refractivity contribution is 0.0995. The van der Waals surface area contributed by atoms with Gasteiger partial charge in [-0.2, -0.15) is 0 Å². The molecule has 0 fully saturated rings. The summed E-state index contributed by atoms with van der Waals surface area (Å²) in [6.07, 6.45) is 3.44. The van der Waals surface area contributed by atoms with Crippen LogP contribution in [-0.2, 0) is 6.54 Å². The molecule has 2 heterocycles. The van der Waals surface area contributed by atoms with E-state index in [1.165, 1.54) is 0 Å². The molecule has 0 aliphatic carbocycles. The fourth-order valence-electron chi connectivity index (χ4n) is 1.51. The molecule has 0 aromatic carbocycles. The number of carbonyl (C=O) groups is 1. The number of nitrogens with zero attached hydrogens (tertiary/aromatic N) is 4. The van der Waals surface area contributed by atoms with E-state index in [-0.39, 0.29) is 5.69 Å². The lowest BCUT2D eigenvalue weighted by Crippen LogP contribution is -2.13. The van der Waals surface area contributed by atoms with Crippen molar-refractivity contribution >= 4 is 5.91 Å². The van der Waals surface area contributed by atoms with E-state index in [1.807, 2.05) is 20.0 Å². The van der Waals surface area contributed by atoms with E-state index in [2.05, 4.69) is 15.3 Å². The maximum atomic E-state index is 11.1. The predicted octanol–water partition coefficient (Wildman–Crippen LogP) is 0.767. The van der Waals surface area contributed by atoms with E-state index in [4.69, 9.17) is 5.73 Å². The minimum absolute atomic E-state index is 0.233. The van der Waals surface area contributed by atoms with Gasteiger partial charge in [0.15, 0.2) is 0 Å². The molecule has 88 valence electrons. The number of aryl methyl sites for hydroxylation is 2. The Hall–Kier alpha value is -2.24. The third-order valence-corrected chi connectivity index (χ3v) is 2.49. The number of aromatic nitrogens is 4. The molecule has 6 heteroatoms. The van der Waals surface area contributed by atoms with E-state index in [0.717, 1.165) is 17.7 Å². The van der Waals surface area contributed by atoms with Crippen LogP contribution in [0.2, 0.25) is 0 Å². The molecular formula is C11H13N5O. The van der Waals surface area contributed by atoms with Crippen molar-refractivity contribution in [1.29, 1.82) is 0 Å². The molecule has 0 unspecified atom stereocenters. The van der Waals surface area contributed by atoms with E-state index < -0.39 is 5.91 Å². The number of primary amides is 1. The largest absolute Gasteiger partial charge is 0.364 e. The van der Waals surface area contributed by atoms with Gasteiger partial charge in [0.2, 0.25) is 0 Å². The average molecular weight is 231 g/mol. The number of nitrogens with two attached hydrogens (primary N) is 1. The molecular weight excluding hydrogens is 218 g/mol. The number of pyridine rings is 1. The van der Waals surface area contributed by atoms with Crippen LogP contribution in [0.3, 0.4) is 0 Å². The number of hydrogen-bond acceptors (Lipinski definition) is 4. The van der Waals surface area contributed by atoms with Gasteiger partial charge in [-0.1, -0.05) is 5.21 Å². The second-order valence-corrected chi connectivity index (χ2v) is 3.71. The molecule has 2 aromatic rings. The highest BCUT2D eigenvalue weighted by Gasteiger charge is 2.10. The quantitative estimate of drug-likeness (QED) is 0.845. The Kier molecular flexibility index (Phi) is 2.86. The lowest BCUT2D eigenvalue weighted by Gasteiger charge is -2.02. The second kappa shape index (κ2) is 4.32. The van der Waals surface area contributed by atoms with Gasteiger partial charge in [0.1, 0.15) is 11.4 Å². The summed E-state index contributed by atoms with van der Waals surface area (Å²) < 4.78 is 1.72. The monoisotopic (exact) mass is 231 g/mol. The van der Waals surface area contributed by atoms with Gasteiger partial charge < -0.3 is 5.73 Å². The third kappa shape index (κ3) is 2.15. The number of carbonyl (C=O) groups excluding carboxylic acids is 1. The summed E-state index contributed by atoms with van der Waals surface area (Å²) in [5, 5.41) is 8.01. The highest BCUT2D eigenvalue weighted by Crippen LogP contribution is 2.20. The first-order valence-corrected chi connectivity index (χ1v) is 5.28. The van der Waals surface area contributed by atoms with Gasteiger partial charge in [-0.15, -0.1) is 5.10 Å². The van der Waals surface area contributed by atoms with E-state index in [9.17, 15) is 4.79 Å². The fourth-order valence-corrected chi connectivity index (χ4v) is 1.51. The average Bonchev–Trinajstić information content (AvgIpc) is 2.77. The molecule has 0 aliphatic rings. The lowest BCUT2D eigenvalue weighted by atomic mass is 10.1. The van der Waals surface area contributed by atoms with E-state index >= 15 is 0 Å². The van der Waals surface area contributed by atoms with Crippen LogP contribution in [0.5, 0.6) is 0 Å². The number of amides is 1. The Morgan fingerprint density at radius 1 is 1.53 bits per heavy atom. The zero-order valence-corrected chi connectivity index (χ0v) is 9.71. The van der Waals surface area contributed by atoms with Gasteiger partial charge in [-0.3, -0.25) is 14.5 Å². The Bertz CT molecular complexity index is 561. The SMILES string of the molecule is CCn1cc(-c2cc(C(N)=O)ncc2C)nn1. The molecule has 0 aliphatic heterocycles. The highest BCUT2D eigenvalue weighted by atomic mass is 16.1. The van der Waals surface area contributed by atoms with Gasteiger partial charge in [0.05, 0.1) is 6.20 Å². The Labute approximate surface area is 98.5 Å². The summed E-state index contributed by atoms with van der Waals surface area (Å²) in [6.45, 7) is 4.63.